The van der Waals surface area contributed by atoms with Gasteiger partial charge in [0.25, 0.3) is 5.91 Å². The van der Waals surface area contributed by atoms with E-state index in [2.05, 4.69) is 15.3 Å². The standard InChI is InChI=1S/C23H24N4O3/c1-30-21-7-5-16(6-8-21)18-14-24-23(25-15-18)26-19-4-2-3-17(13-19)22(29)27-11-9-20(28)10-12-27/h2-8,13-15,20,28H,9-12H2,1H3,(H,24,25,26). The number of amides is 1. The van der Waals surface area contributed by atoms with Gasteiger partial charge < -0.3 is 20.1 Å². The number of benzene rings is 2. The summed E-state index contributed by atoms with van der Waals surface area (Å²) >= 11 is 0. The van der Waals surface area contributed by atoms with Crippen molar-refractivity contribution in [3.05, 3.63) is 66.5 Å². The molecule has 0 bridgehead atoms. The predicted molar refractivity (Wildman–Crippen MR) is 115 cm³/mol. The molecule has 3 aromatic rings. The summed E-state index contributed by atoms with van der Waals surface area (Å²) in [4.78, 5) is 23.3. The van der Waals surface area contributed by atoms with Crippen LogP contribution in [-0.2, 0) is 0 Å². The molecule has 0 radical (unpaired) electrons. The second kappa shape index (κ2) is 8.92. The van der Waals surface area contributed by atoms with Crippen LogP contribution in [0, 0.1) is 0 Å². The van der Waals surface area contributed by atoms with Crippen molar-refractivity contribution in [2.75, 3.05) is 25.5 Å². The Bertz CT molecular complexity index is 998. The van der Waals surface area contributed by atoms with E-state index >= 15 is 0 Å². The molecule has 0 atom stereocenters. The van der Waals surface area contributed by atoms with Crippen LogP contribution in [0.3, 0.4) is 0 Å². The number of ether oxygens (including phenoxy) is 1. The van der Waals surface area contributed by atoms with Crippen molar-refractivity contribution < 1.29 is 14.6 Å². The third kappa shape index (κ3) is 4.58. The van der Waals surface area contributed by atoms with E-state index in [-0.39, 0.29) is 12.0 Å². The first kappa shape index (κ1) is 19.8. The van der Waals surface area contributed by atoms with Crippen LogP contribution in [0.2, 0.25) is 0 Å². The number of aliphatic hydroxyl groups is 1. The Morgan fingerprint density at radius 2 is 1.77 bits per heavy atom. The molecule has 0 saturated carbocycles. The Kier molecular flexibility index (Phi) is 5.90. The summed E-state index contributed by atoms with van der Waals surface area (Å²) in [7, 11) is 1.64. The maximum Gasteiger partial charge on any atom is 0.253 e. The molecular formula is C23H24N4O3. The van der Waals surface area contributed by atoms with Crippen molar-refractivity contribution in [2.45, 2.75) is 18.9 Å². The zero-order valence-corrected chi connectivity index (χ0v) is 16.8. The number of hydrogen-bond donors (Lipinski definition) is 2. The van der Waals surface area contributed by atoms with Crippen LogP contribution in [0.15, 0.2) is 60.9 Å². The Labute approximate surface area is 175 Å². The van der Waals surface area contributed by atoms with Gasteiger partial charge in [0.05, 0.1) is 13.2 Å². The van der Waals surface area contributed by atoms with E-state index in [0.717, 1.165) is 22.6 Å². The highest BCUT2D eigenvalue weighted by Gasteiger charge is 2.22. The van der Waals surface area contributed by atoms with Crippen molar-refractivity contribution in [2.24, 2.45) is 0 Å². The molecule has 0 unspecified atom stereocenters. The Morgan fingerprint density at radius 1 is 1.07 bits per heavy atom. The average Bonchev–Trinajstić information content (AvgIpc) is 2.80. The fourth-order valence-corrected chi connectivity index (χ4v) is 3.44. The van der Waals surface area contributed by atoms with E-state index in [1.165, 1.54) is 0 Å². The molecule has 1 amide bonds. The summed E-state index contributed by atoms with van der Waals surface area (Å²) < 4.78 is 5.18. The number of carbonyl (C=O) groups excluding carboxylic acids is 1. The van der Waals surface area contributed by atoms with Crippen LogP contribution >= 0.6 is 0 Å². The first-order chi connectivity index (χ1) is 14.6. The fourth-order valence-electron chi connectivity index (χ4n) is 3.44. The normalized spacial score (nSPS) is 14.4. The van der Waals surface area contributed by atoms with Crippen molar-refractivity contribution in [1.82, 2.24) is 14.9 Å². The molecule has 2 heterocycles. The molecule has 154 valence electrons. The molecule has 4 rings (SSSR count). The summed E-state index contributed by atoms with van der Waals surface area (Å²) in [6, 6.07) is 15.0. The average molecular weight is 404 g/mol. The van der Waals surface area contributed by atoms with Gasteiger partial charge in [-0.15, -0.1) is 0 Å². The van der Waals surface area contributed by atoms with Gasteiger partial charge in [0.15, 0.2) is 0 Å². The fraction of sp³-hybridized carbons (Fsp3) is 0.261. The molecule has 30 heavy (non-hydrogen) atoms. The van der Waals surface area contributed by atoms with Crippen LogP contribution in [0.25, 0.3) is 11.1 Å². The van der Waals surface area contributed by atoms with E-state index in [1.54, 1.807) is 36.5 Å². The monoisotopic (exact) mass is 404 g/mol. The van der Waals surface area contributed by atoms with Gasteiger partial charge in [-0.25, -0.2) is 9.97 Å². The molecule has 7 heteroatoms. The van der Waals surface area contributed by atoms with Crippen LogP contribution in [0.4, 0.5) is 11.6 Å². The van der Waals surface area contributed by atoms with Crippen LogP contribution < -0.4 is 10.1 Å². The molecular weight excluding hydrogens is 380 g/mol. The quantitative estimate of drug-likeness (QED) is 0.677. The van der Waals surface area contributed by atoms with Gasteiger partial charge in [0.1, 0.15) is 5.75 Å². The van der Waals surface area contributed by atoms with E-state index in [9.17, 15) is 9.90 Å². The van der Waals surface area contributed by atoms with E-state index in [1.807, 2.05) is 36.4 Å². The number of anilines is 2. The number of carbonyl (C=O) groups is 1. The summed E-state index contributed by atoms with van der Waals surface area (Å²) in [5, 5.41) is 12.8. The van der Waals surface area contributed by atoms with Crippen molar-refractivity contribution in [3.63, 3.8) is 0 Å². The largest absolute Gasteiger partial charge is 0.497 e. The third-order valence-corrected chi connectivity index (χ3v) is 5.19. The second-order valence-electron chi connectivity index (χ2n) is 7.25. The van der Waals surface area contributed by atoms with Gasteiger partial charge in [0, 0.05) is 42.3 Å². The van der Waals surface area contributed by atoms with Gasteiger partial charge in [0.2, 0.25) is 5.95 Å². The lowest BCUT2D eigenvalue weighted by Gasteiger charge is -2.29. The maximum atomic E-state index is 12.7. The van der Waals surface area contributed by atoms with E-state index in [4.69, 9.17) is 4.74 Å². The first-order valence-corrected chi connectivity index (χ1v) is 9.93. The lowest BCUT2D eigenvalue weighted by atomic mass is 10.1. The minimum atomic E-state index is -0.305. The second-order valence-corrected chi connectivity index (χ2v) is 7.25. The lowest BCUT2D eigenvalue weighted by molar-refractivity contribution is 0.0546. The summed E-state index contributed by atoms with van der Waals surface area (Å²) in [5.41, 5.74) is 3.25. The van der Waals surface area contributed by atoms with E-state index < -0.39 is 0 Å². The number of aliphatic hydroxyl groups excluding tert-OH is 1. The van der Waals surface area contributed by atoms with Crippen LogP contribution in [0.1, 0.15) is 23.2 Å². The number of hydrogen-bond acceptors (Lipinski definition) is 6. The zero-order chi connectivity index (χ0) is 20.9. The summed E-state index contributed by atoms with van der Waals surface area (Å²) in [5.74, 6) is 1.23. The third-order valence-electron chi connectivity index (χ3n) is 5.19. The molecule has 0 spiro atoms. The lowest BCUT2D eigenvalue weighted by Crippen LogP contribution is -2.40. The van der Waals surface area contributed by atoms with Gasteiger partial charge in [-0.3, -0.25) is 4.79 Å². The maximum absolute atomic E-state index is 12.7. The van der Waals surface area contributed by atoms with Gasteiger partial charge in [-0.1, -0.05) is 18.2 Å². The van der Waals surface area contributed by atoms with Crippen LogP contribution in [-0.4, -0.2) is 52.2 Å². The summed E-state index contributed by atoms with van der Waals surface area (Å²) in [6.07, 6.45) is 4.45. The first-order valence-electron chi connectivity index (χ1n) is 9.93. The molecule has 1 aliphatic rings. The zero-order valence-electron chi connectivity index (χ0n) is 16.8. The van der Waals surface area contributed by atoms with Crippen molar-refractivity contribution in [1.29, 1.82) is 0 Å². The molecule has 1 fully saturated rings. The SMILES string of the molecule is COc1ccc(-c2cnc(Nc3cccc(C(=O)N4CCC(O)CC4)c3)nc2)cc1. The highest BCUT2D eigenvalue weighted by molar-refractivity contribution is 5.95. The number of piperidine rings is 1. The number of rotatable bonds is 5. The molecule has 1 aliphatic heterocycles. The summed E-state index contributed by atoms with van der Waals surface area (Å²) in [6.45, 7) is 1.15. The molecule has 0 aliphatic carbocycles. The Morgan fingerprint density at radius 3 is 2.43 bits per heavy atom. The molecule has 2 aromatic carbocycles. The highest BCUT2D eigenvalue weighted by Crippen LogP contribution is 2.23. The molecule has 7 nitrogen and oxygen atoms in total. The van der Waals surface area contributed by atoms with Gasteiger partial charge in [-0.2, -0.15) is 0 Å². The molecule has 1 aromatic heterocycles. The number of methoxy groups -OCH3 is 1. The minimum Gasteiger partial charge on any atom is -0.497 e. The van der Waals surface area contributed by atoms with Crippen molar-refractivity contribution >= 4 is 17.5 Å². The smallest absolute Gasteiger partial charge is 0.253 e. The highest BCUT2D eigenvalue weighted by atomic mass is 16.5. The Balaban J connectivity index is 1.44. The van der Waals surface area contributed by atoms with Crippen molar-refractivity contribution in [3.8, 4) is 16.9 Å². The number of aromatic nitrogens is 2. The topological polar surface area (TPSA) is 87.6 Å². The van der Waals surface area contributed by atoms with E-state index in [0.29, 0.717) is 37.4 Å². The van der Waals surface area contributed by atoms with Gasteiger partial charge in [-0.05, 0) is 48.7 Å². The molecule has 1 saturated heterocycles. The molecule has 2 N–H and O–H groups in total. The number of nitrogens with one attached hydrogen (secondary N) is 1. The number of nitrogens with zero attached hydrogens (tertiary/aromatic N) is 3. The minimum absolute atomic E-state index is 0.0266. The Hall–Kier alpha value is -3.45. The van der Waals surface area contributed by atoms with Crippen LogP contribution in [0.5, 0.6) is 5.75 Å². The predicted octanol–water partition coefficient (Wildman–Crippen LogP) is 3.49. The number of likely N-dealkylation sites (tertiary alicyclic amines) is 1. The van der Waals surface area contributed by atoms with Gasteiger partial charge >= 0.3 is 0 Å².